The maximum Gasteiger partial charge on any atom is 0.169 e. The molecule has 0 bridgehead atoms. The van der Waals surface area contributed by atoms with Crippen molar-refractivity contribution in [2.45, 2.75) is 17.3 Å². The number of methoxy groups -OCH3 is 2. The number of ether oxygens (including phenoxy) is 2. The van der Waals surface area contributed by atoms with Crippen molar-refractivity contribution in [3.63, 3.8) is 0 Å². The molecule has 1 heterocycles. The molecule has 1 aromatic carbocycles. The number of aryl methyl sites for hydroxylation is 1. The summed E-state index contributed by atoms with van der Waals surface area (Å²) >= 11 is 1.67. The van der Waals surface area contributed by atoms with Gasteiger partial charge in [0.05, 0.1) is 25.3 Å². The van der Waals surface area contributed by atoms with Crippen molar-refractivity contribution >= 4 is 22.8 Å². The van der Waals surface area contributed by atoms with Gasteiger partial charge >= 0.3 is 0 Å². The van der Waals surface area contributed by atoms with E-state index in [9.17, 15) is 0 Å². The molecule has 1 atom stereocenters. The molecule has 104 valence electrons. The number of benzene rings is 1. The van der Waals surface area contributed by atoms with Crippen LogP contribution < -0.4 is 15.2 Å². The monoisotopic (exact) mass is 281 g/mol. The third-order valence-corrected chi connectivity index (χ3v) is 4.15. The Bertz CT molecular complexity index is 583. The lowest BCUT2D eigenvalue weighted by atomic mass is 10.2. The van der Waals surface area contributed by atoms with E-state index in [0.29, 0.717) is 23.3 Å². The third kappa shape index (κ3) is 2.64. The van der Waals surface area contributed by atoms with Gasteiger partial charge in [0.1, 0.15) is 0 Å². The van der Waals surface area contributed by atoms with Gasteiger partial charge in [0.2, 0.25) is 0 Å². The maximum absolute atomic E-state index is 5.66. The summed E-state index contributed by atoms with van der Waals surface area (Å²) in [5.74, 6) is 1.40. The normalized spacial score (nSPS) is 12.7. The number of nitrogens with two attached hydrogens (primary N) is 1. The van der Waals surface area contributed by atoms with Gasteiger partial charge in [-0.05, 0) is 0 Å². The van der Waals surface area contributed by atoms with Crippen molar-refractivity contribution in [2.24, 2.45) is 12.8 Å². The average Bonchev–Trinajstić information content (AvgIpc) is 2.73. The quantitative estimate of drug-likeness (QED) is 0.850. The molecule has 0 spiro atoms. The molecule has 0 amide bonds. The zero-order valence-electron chi connectivity index (χ0n) is 11.6. The highest BCUT2D eigenvalue weighted by Gasteiger charge is 2.14. The molecule has 0 fully saturated rings. The Morgan fingerprint density at radius 3 is 2.53 bits per heavy atom. The molecule has 2 aromatic rings. The summed E-state index contributed by atoms with van der Waals surface area (Å²) < 4.78 is 12.7. The van der Waals surface area contributed by atoms with Gasteiger partial charge in [-0.1, -0.05) is 18.7 Å². The highest BCUT2D eigenvalue weighted by atomic mass is 32.2. The van der Waals surface area contributed by atoms with E-state index in [-0.39, 0.29) is 0 Å². The van der Waals surface area contributed by atoms with Crippen molar-refractivity contribution < 1.29 is 9.47 Å². The number of thioether (sulfide) groups is 1. The Hall–Kier alpha value is -1.40. The van der Waals surface area contributed by atoms with E-state index in [1.165, 1.54) is 0 Å². The summed E-state index contributed by atoms with van der Waals surface area (Å²) in [6.07, 6.45) is 0. The van der Waals surface area contributed by atoms with Gasteiger partial charge in [-0.2, -0.15) is 0 Å². The van der Waals surface area contributed by atoms with E-state index in [1.54, 1.807) is 26.0 Å². The predicted molar refractivity (Wildman–Crippen MR) is 78.2 cm³/mol. The lowest BCUT2D eigenvalue weighted by Crippen LogP contribution is -2.13. The molecule has 0 aliphatic rings. The second-order valence-corrected chi connectivity index (χ2v) is 5.72. The van der Waals surface area contributed by atoms with E-state index in [1.807, 2.05) is 23.7 Å². The molecule has 6 heteroatoms. The highest BCUT2D eigenvalue weighted by Crippen LogP contribution is 2.34. The molecule has 2 rings (SSSR count). The van der Waals surface area contributed by atoms with Gasteiger partial charge in [0.15, 0.2) is 16.7 Å². The summed E-state index contributed by atoms with van der Waals surface area (Å²) in [6, 6.07) is 3.84. The molecular formula is C13H19N3O2S. The summed E-state index contributed by atoms with van der Waals surface area (Å²) in [5.41, 5.74) is 7.57. The first-order chi connectivity index (χ1) is 9.10. The lowest BCUT2D eigenvalue weighted by Gasteiger charge is -2.08. The number of hydrogen-bond donors (Lipinski definition) is 1. The molecule has 19 heavy (non-hydrogen) atoms. The van der Waals surface area contributed by atoms with E-state index < -0.39 is 0 Å². The van der Waals surface area contributed by atoms with E-state index in [4.69, 9.17) is 15.2 Å². The van der Waals surface area contributed by atoms with Crippen LogP contribution in [0.1, 0.15) is 6.92 Å². The van der Waals surface area contributed by atoms with E-state index in [0.717, 1.165) is 16.2 Å². The topological polar surface area (TPSA) is 62.3 Å². The van der Waals surface area contributed by atoms with Crippen LogP contribution >= 0.6 is 11.8 Å². The first-order valence-electron chi connectivity index (χ1n) is 6.05. The van der Waals surface area contributed by atoms with Crippen LogP contribution in [0.2, 0.25) is 0 Å². The lowest BCUT2D eigenvalue weighted by molar-refractivity contribution is 0.355. The minimum Gasteiger partial charge on any atom is -0.493 e. The van der Waals surface area contributed by atoms with Crippen LogP contribution in [0.5, 0.6) is 11.5 Å². The number of imidazole rings is 1. The van der Waals surface area contributed by atoms with Crippen LogP contribution in [0.3, 0.4) is 0 Å². The second kappa shape index (κ2) is 5.71. The Balaban J connectivity index is 2.50. The van der Waals surface area contributed by atoms with Gasteiger partial charge in [-0.25, -0.2) is 4.98 Å². The summed E-state index contributed by atoms with van der Waals surface area (Å²) in [6.45, 7) is 2.71. The number of rotatable bonds is 5. The molecule has 1 unspecified atom stereocenters. The van der Waals surface area contributed by atoms with Crippen LogP contribution in [0.15, 0.2) is 17.3 Å². The minimum atomic E-state index is 0.333. The van der Waals surface area contributed by atoms with Crippen LogP contribution in [0, 0.1) is 0 Å². The fourth-order valence-corrected chi connectivity index (χ4v) is 2.69. The van der Waals surface area contributed by atoms with Crippen LogP contribution in [-0.4, -0.2) is 35.6 Å². The number of nitrogens with zero attached hydrogens (tertiary/aromatic N) is 2. The molecule has 0 aliphatic heterocycles. The summed E-state index contributed by atoms with van der Waals surface area (Å²) in [7, 11) is 5.25. The molecule has 0 saturated carbocycles. The first-order valence-corrected chi connectivity index (χ1v) is 6.93. The van der Waals surface area contributed by atoms with Crippen molar-refractivity contribution in [1.29, 1.82) is 0 Å². The zero-order chi connectivity index (χ0) is 14.0. The van der Waals surface area contributed by atoms with Gasteiger partial charge in [-0.3, -0.25) is 0 Å². The predicted octanol–water partition coefficient (Wildman–Crippen LogP) is 2.03. The molecule has 0 radical (unpaired) electrons. The number of fused-ring (bicyclic) bond motifs is 1. The maximum atomic E-state index is 5.66. The molecule has 2 N–H and O–H groups in total. The molecular weight excluding hydrogens is 262 g/mol. The van der Waals surface area contributed by atoms with Crippen LogP contribution in [-0.2, 0) is 7.05 Å². The largest absolute Gasteiger partial charge is 0.493 e. The van der Waals surface area contributed by atoms with Gasteiger partial charge < -0.3 is 19.8 Å². The Kier molecular flexibility index (Phi) is 4.21. The smallest absolute Gasteiger partial charge is 0.169 e. The van der Waals surface area contributed by atoms with Crippen molar-refractivity contribution in [1.82, 2.24) is 9.55 Å². The molecule has 5 nitrogen and oxygen atoms in total. The standard InChI is InChI=1S/C13H19N3O2S/c1-8(7-14)19-13-15-9-5-11(17-3)12(18-4)6-10(9)16(13)2/h5-6,8H,7,14H2,1-4H3. The van der Waals surface area contributed by atoms with Gasteiger partial charge in [0.25, 0.3) is 0 Å². The third-order valence-electron chi connectivity index (χ3n) is 2.98. The van der Waals surface area contributed by atoms with Gasteiger partial charge in [-0.15, -0.1) is 0 Å². The SMILES string of the molecule is COc1cc2nc(SC(C)CN)n(C)c2cc1OC. The Morgan fingerprint density at radius 1 is 1.32 bits per heavy atom. The summed E-state index contributed by atoms with van der Waals surface area (Å²) in [4.78, 5) is 4.62. The molecule has 0 aliphatic carbocycles. The first kappa shape index (κ1) is 14.0. The Morgan fingerprint density at radius 2 is 1.95 bits per heavy atom. The fraction of sp³-hybridized carbons (Fsp3) is 0.462. The average molecular weight is 281 g/mol. The number of hydrogen-bond acceptors (Lipinski definition) is 5. The van der Waals surface area contributed by atoms with E-state index in [2.05, 4.69) is 11.9 Å². The molecule has 1 aromatic heterocycles. The number of aromatic nitrogens is 2. The second-order valence-electron chi connectivity index (χ2n) is 4.31. The highest BCUT2D eigenvalue weighted by molar-refractivity contribution is 7.99. The molecule has 0 saturated heterocycles. The van der Waals surface area contributed by atoms with Crippen LogP contribution in [0.4, 0.5) is 0 Å². The van der Waals surface area contributed by atoms with Gasteiger partial charge in [0, 0.05) is 31.0 Å². The summed E-state index contributed by atoms with van der Waals surface area (Å²) in [5, 5.41) is 1.28. The van der Waals surface area contributed by atoms with E-state index >= 15 is 0 Å². The minimum absolute atomic E-state index is 0.333. The Labute approximate surface area is 117 Å². The van der Waals surface area contributed by atoms with Crippen molar-refractivity contribution in [3.05, 3.63) is 12.1 Å². The van der Waals surface area contributed by atoms with Crippen LogP contribution in [0.25, 0.3) is 11.0 Å². The van der Waals surface area contributed by atoms with Crippen molar-refractivity contribution in [3.8, 4) is 11.5 Å². The zero-order valence-corrected chi connectivity index (χ0v) is 12.5. The fourth-order valence-electron chi connectivity index (χ4n) is 1.83. The van der Waals surface area contributed by atoms with Crippen molar-refractivity contribution in [2.75, 3.05) is 20.8 Å².